The van der Waals surface area contributed by atoms with Gasteiger partial charge < -0.3 is 9.73 Å². The lowest BCUT2D eigenvalue weighted by Gasteiger charge is -2.22. The van der Waals surface area contributed by atoms with Crippen molar-refractivity contribution in [2.24, 2.45) is 0 Å². The van der Waals surface area contributed by atoms with Gasteiger partial charge in [0, 0.05) is 43.2 Å². The topological polar surface area (TPSA) is 71.3 Å². The van der Waals surface area contributed by atoms with Gasteiger partial charge in [-0.25, -0.2) is 22.9 Å². The van der Waals surface area contributed by atoms with Crippen LogP contribution >= 0.6 is 0 Å². The van der Waals surface area contributed by atoms with Gasteiger partial charge in [-0.1, -0.05) is 0 Å². The molecule has 1 unspecified atom stereocenters. The van der Waals surface area contributed by atoms with Crippen LogP contribution in [0.15, 0.2) is 40.9 Å². The van der Waals surface area contributed by atoms with Gasteiger partial charge in [0.05, 0.1) is 11.0 Å². The van der Waals surface area contributed by atoms with E-state index in [9.17, 15) is 8.60 Å². The average Bonchev–Trinajstić information content (AvgIpc) is 3.08. The molecule has 140 valence electrons. The lowest BCUT2D eigenvalue weighted by atomic mass is 10.1. The number of aromatic nitrogens is 2. The Labute approximate surface area is 159 Å². The molecular weight excluding hydrogens is 367 g/mol. The Bertz CT molecular complexity index is 1000. The second kappa shape index (κ2) is 7.21. The summed E-state index contributed by atoms with van der Waals surface area (Å²) in [5.74, 6) is 1.70. The summed E-state index contributed by atoms with van der Waals surface area (Å²) in [5, 5.41) is 3.07. The van der Waals surface area contributed by atoms with Gasteiger partial charge in [-0.2, -0.15) is 0 Å². The number of hydrogen-bond acceptors (Lipinski definition) is 5. The zero-order valence-electron chi connectivity index (χ0n) is 15.0. The van der Waals surface area contributed by atoms with E-state index in [4.69, 9.17) is 4.42 Å². The molecule has 0 spiro atoms. The van der Waals surface area contributed by atoms with Gasteiger partial charge in [-0.05, 0) is 42.8 Å². The number of anilines is 2. The van der Waals surface area contributed by atoms with E-state index >= 15 is 0 Å². The minimum Gasteiger partial charge on any atom is -0.459 e. The molecule has 0 radical (unpaired) electrons. The fraction of sp³-hybridized carbons (Fsp3) is 0.263. The maximum atomic E-state index is 13.1. The van der Waals surface area contributed by atoms with Crippen LogP contribution in [0, 0.1) is 12.7 Å². The average molecular weight is 386 g/mol. The zero-order valence-corrected chi connectivity index (χ0v) is 15.8. The van der Waals surface area contributed by atoms with Crippen LogP contribution in [0.5, 0.6) is 0 Å². The highest BCUT2D eigenvalue weighted by molar-refractivity contribution is 7.81. The number of halogens is 1. The lowest BCUT2D eigenvalue weighted by molar-refractivity contribution is 0.385. The number of hydrogen-bond donors (Lipinski definition) is 1. The Morgan fingerprint density at radius 3 is 2.81 bits per heavy atom. The third kappa shape index (κ3) is 3.77. The number of benzene rings is 1. The van der Waals surface area contributed by atoms with E-state index < -0.39 is 11.0 Å². The van der Waals surface area contributed by atoms with Crippen LogP contribution in [0.2, 0.25) is 0 Å². The summed E-state index contributed by atoms with van der Waals surface area (Å²) >= 11 is 0. The number of furan rings is 1. The predicted octanol–water partition coefficient (Wildman–Crippen LogP) is 3.58. The Hall–Kier alpha value is -2.58. The Morgan fingerprint density at radius 1 is 1.30 bits per heavy atom. The molecule has 2 aromatic heterocycles. The van der Waals surface area contributed by atoms with Crippen LogP contribution in [0.4, 0.5) is 16.0 Å². The van der Waals surface area contributed by atoms with Crippen LogP contribution in [-0.4, -0.2) is 31.3 Å². The summed E-state index contributed by atoms with van der Waals surface area (Å²) in [5.41, 5.74) is 3.33. The van der Waals surface area contributed by atoms with E-state index in [0.717, 1.165) is 23.3 Å². The molecular formula is C19H19FN4O2S. The first-order chi connectivity index (χ1) is 13.0. The van der Waals surface area contributed by atoms with Gasteiger partial charge in [-0.3, -0.25) is 0 Å². The largest absolute Gasteiger partial charge is 0.459 e. The summed E-state index contributed by atoms with van der Waals surface area (Å²) in [6.07, 6.45) is 4.14. The van der Waals surface area contributed by atoms with Crippen LogP contribution in [-0.2, 0) is 24.0 Å². The summed E-state index contributed by atoms with van der Waals surface area (Å²) in [6.45, 7) is 3.24. The molecule has 0 aliphatic carbocycles. The molecule has 8 heteroatoms. The van der Waals surface area contributed by atoms with Gasteiger partial charge in [0.25, 0.3) is 0 Å². The Kier molecular flexibility index (Phi) is 4.75. The van der Waals surface area contributed by atoms with Crippen molar-refractivity contribution in [3.05, 3.63) is 59.2 Å². The van der Waals surface area contributed by atoms with Crippen molar-refractivity contribution in [3.63, 3.8) is 0 Å². The van der Waals surface area contributed by atoms with Crippen molar-refractivity contribution in [1.82, 2.24) is 14.3 Å². The van der Waals surface area contributed by atoms with Gasteiger partial charge in [-0.15, -0.1) is 0 Å². The second-order valence-corrected chi connectivity index (χ2v) is 7.82. The second-order valence-electron chi connectivity index (χ2n) is 6.45. The zero-order chi connectivity index (χ0) is 19.0. The first-order valence-electron chi connectivity index (χ1n) is 8.56. The van der Waals surface area contributed by atoms with E-state index in [0.29, 0.717) is 36.2 Å². The van der Waals surface area contributed by atoms with E-state index in [1.165, 1.54) is 12.1 Å². The minimum absolute atomic E-state index is 0.297. The number of rotatable bonds is 4. The van der Waals surface area contributed by atoms with Crippen LogP contribution in [0.3, 0.4) is 0 Å². The van der Waals surface area contributed by atoms with E-state index in [2.05, 4.69) is 15.3 Å². The van der Waals surface area contributed by atoms with Gasteiger partial charge >= 0.3 is 0 Å². The SMILES string of the molecule is Cc1cnc(Nc2ccc(F)cc2)nc1-c1cc2c(o1)CCN(S(C)=O)C2. The smallest absolute Gasteiger partial charge is 0.227 e. The third-order valence-electron chi connectivity index (χ3n) is 4.50. The minimum atomic E-state index is -0.998. The quantitative estimate of drug-likeness (QED) is 0.742. The Morgan fingerprint density at radius 2 is 2.07 bits per heavy atom. The molecule has 1 N–H and O–H groups in total. The molecule has 3 heterocycles. The molecule has 27 heavy (non-hydrogen) atoms. The normalized spacial score (nSPS) is 15.4. The Balaban J connectivity index is 1.62. The van der Waals surface area contributed by atoms with Gasteiger partial charge in [0.1, 0.15) is 17.3 Å². The van der Waals surface area contributed by atoms with Crippen LogP contribution < -0.4 is 5.32 Å². The van der Waals surface area contributed by atoms with Crippen molar-refractivity contribution >= 4 is 22.6 Å². The maximum absolute atomic E-state index is 13.1. The molecule has 1 aliphatic heterocycles. The van der Waals surface area contributed by atoms with Crippen LogP contribution in [0.1, 0.15) is 16.9 Å². The fourth-order valence-electron chi connectivity index (χ4n) is 3.06. The highest BCUT2D eigenvalue weighted by atomic mass is 32.2. The fourth-order valence-corrected chi connectivity index (χ4v) is 3.73. The van der Waals surface area contributed by atoms with E-state index in [1.54, 1.807) is 24.6 Å². The summed E-state index contributed by atoms with van der Waals surface area (Å²) < 4.78 is 32.7. The molecule has 1 atom stereocenters. The summed E-state index contributed by atoms with van der Waals surface area (Å²) in [6, 6.07) is 7.97. The van der Waals surface area contributed by atoms with Gasteiger partial charge in [0.15, 0.2) is 5.76 Å². The first-order valence-corrected chi connectivity index (χ1v) is 10.1. The predicted molar refractivity (Wildman–Crippen MR) is 102 cm³/mol. The highest BCUT2D eigenvalue weighted by Crippen LogP contribution is 2.31. The molecule has 0 saturated heterocycles. The first kappa shape index (κ1) is 17.8. The van der Waals surface area contributed by atoms with Crippen LogP contribution in [0.25, 0.3) is 11.5 Å². The highest BCUT2D eigenvalue weighted by Gasteiger charge is 2.24. The molecule has 0 amide bonds. The number of nitrogens with one attached hydrogen (secondary N) is 1. The van der Waals surface area contributed by atoms with Crippen molar-refractivity contribution in [1.29, 1.82) is 0 Å². The standard InChI is InChI=1S/C19H19FN4O2S/c1-12-10-21-19(22-15-5-3-14(20)4-6-15)23-18(12)17-9-13-11-24(27(2)25)8-7-16(13)26-17/h3-6,9-10H,7-8,11H2,1-2H3,(H,21,22,23). The molecule has 3 aromatic rings. The number of fused-ring (bicyclic) bond motifs is 1. The third-order valence-corrected chi connectivity index (χ3v) is 5.54. The molecule has 4 rings (SSSR count). The van der Waals surface area contributed by atoms with Crippen molar-refractivity contribution < 1.29 is 13.0 Å². The molecule has 0 bridgehead atoms. The van der Waals surface area contributed by atoms with Crippen molar-refractivity contribution in [2.75, 3.05) is 18.1 Å². The van der Waals surface area contributed by atoms with E-state index in [1.807, 2.05) is 17.3 Å². The van der Waals surface area contributed by atoms with Crippen molar-refractivity contribution in [3.8, 4) is 11.5 Å². The van der Waals surface area contributed by atoms with Crippen molar-refractivity contribution in [2.45, 2.75) is 19.9 Å². The molecule has 6 nitrogen and oxygen atoms in total. The molecule has 0 fully saturated rings. The maximum Gasteiger partial charge on any atom is 0.227 e. The molecule has 0 saturated carbocycles. The summed E-state index contributed by atoms with van der Waals surface area (Å²) in [4.78, 5) is 8.87. The van der Waals surface area contributed by atoms with Gasteiger partial charge in [0.2, 0.25) is 5.95 Å². The monoisotopic (exact) mass is 386 g/mol. The van der Waals surface area contributed by atoms with E-state index in [-0.39, 0.29) is 5.82 Å². The summed E-state index contributed by atoms with van der Waals surface area (Å²) in [7, 11) is -0.998. The molecule has 1 aromatic carbocycles. The molecule has 1 aliphatic rings. The lowest BCUT2D eigenvalue weighted by Crippen LogP contribution is -2.30. The number of aryl methyl sites for hydroxylation is 1. The number of nitrogens with zero attached hydrogens (tertiary/aromatic N) is 3.